The zero-order valence-corrected chi connectivity index (χ0v) is 14.2. The molecule has 1 aliphatic rings. The van der Waals surface area contributed by atoms with Gasteiger partial charge in [-0.05, 0) is 25.0 Å². The summed E-state index contributed by atoms with van der Waals surface area (Å²) in [6.07, 6.45) is 4.87. The Labute approximate surface area is 149 Å². The van der Waals surface area contributed by atoms with E-state index in [9.17, 15) is 4.79 Å². The molecule has 1 aliphatic heterocycles. The third kappa shape index (κ3) is 3.15. The van der Waals surface area contributed by atoms with E-state index < -0.39 is 0 Å². The van der Waals surface area contributed by atoms with Crippen LogP contribution in [0, 0.1) is 5.92 Å². The quantitative estimate of drug-likeness (QED) is 0.753. The summed E-state index contributed by atoms with van der Waals surface area (Å²) in [4.78, 5) is 30.5. The molecule has 1 unspecified atom stereocenters. The minimum absolute atomic E-state index is 0.0206. The molecule has 0 radical (unpaired) electrons. The van der Waals surface area contributed by atoms with E-state index in [-0.39, 0.29) is 11.8 Å². The number of fused-ring (bicyclic) bond motifs is 1. The fourth-order valence-electron chi connectivity index (χ4n) is 3.17. The van der Waals surface area contributed by atoms with Crippen molar-refractivity contribution < 1.29 is 4.79 Å². The van der Waals surface area contributed by atoms with Crippen molar-refractivity contribution in [3.63, 3.8) is 0 Å². The second kappa shape index (κ2) is 6.68. The van der Waals surface area contributed by atoms with Crippen molar-refractivity contribution in [1.29, 1.82) is 0 Å². The molecular formula is C17H17ClN6O. The number of anilines is 2. The van der Waals surface area contributed by atoms with Crippen LogP contribution >= 0.6 is 11.6 Å². The Hall–Kier alpha value is -2.67. The van der Waals surface area contributed by atoms with Crippen LogP contribution in [-0.4, -0.2) is 38.9 Å². The Morgan fingerprint density at radius 2 is 2.16 bits per heavy atom. The summed E-state index contributed by atoms with van der Waals surface area (Å²) in [5.41, 5.74) is 2.08. The number of carbonyl (C=O) groups is 1. The van der Waals surface area contributed by atoms with E-state index in [0.29, 0.717) is 22.9 Å². The molecule has 3 heterocycles. The lowest BCUT2D eigenvalue weighted by Gasteiger charge is -2.32. The van der Waals surface area contributed by atoms with E-state index in [2.05, 4.69) is 30.2 Å². The molecule has 1 amide bonds. The Kier molecular flexibility index (Phi) is 4.23. The molecule has 7 nitrogen and oxygen atoms in total. The third-order valence-electron chi connectivity index (χ3n) is 4.43. The number of nitrogens with one attached hydrogen (secondary N) is 2. The van der Waals surface area contributed by atoms with E-state index in [1.807, 2.05) is 12.1 Å². The minimum Gasteiger partial charge on any atom is -0.354 e. The minimum atomic E-state index is -0.127. The average Bonchev–Trinajstić information content (AvgIpc) is 3.12. The van der Waals surface area contributed by atoms with Gasteiger partial charge in [0, 0.05) is 13.1 Å². The van der Waals surface area contributed by atoms with Crippen molar-refractivity contribution in [2.24, 2.45) is 5.92 Å². The lowest BCUT2D eigenvalue weighted by Crippen LogP contribution is -2.41. The number of nitrogens with zero attached hydrogens (tertiary/aromatic N) is 4. The number of aromatic nitrogens is 4. The predicted octanol–water partition coefficient (Wildman–Crippen LogP) is 2.86. The summed E-state index contributed by atoms with van der Waals surface area (Å²) in [7, 11) is 0. The van der Waals surface area contributed by atoms with E-state index >= 15 is 0 Å². The number of para-hydroxylation sites is 1. The van der Waals surface area contributed by atoms with E-state index in [0.717, 1.165) is 30.7 Å². The van der Waals surface area contributed by atoms with Crippen LogP contribution in [0.2, 0.25) is 5.02 Å². The molecule has 0 bridgehead atoms. The van der Waals surface area contributed by atoms with Crippen LogP contribution < -0.4 is 10.2 Å². The number of halogens is 1. The van der Waals surface area contributed by atoms with E-state index in [1.54, 1.807) is 18.5 Å². The largest absolute Gasteiger partial charge is 0.354 e. The maximum absolute atomic E-state index is 12.7. The van der Waals surface area contributed by atoms with Crippen LogP contribution in [0.1, 0.15) is 12.8 Å². The molecule has 1 atom stereocenters. The maximum Gasteiger partial charge on any atom is 0.229 e. The number of hydrogen-bond donors (Lipinski definition) is 2. The molecule has 25 heavy (non-hydrogen) atoms. The van der Waals surface area contributed by atoms with Gasteiger partial charge in [0.25, 0.3) is 0 Å². The summed E-state index contributed by atoms with van der Waals surface area (Å²) in [6.45, 7) is 1.45. The van der Waals surface area contributed by atoms with Gasteiger partial charge in [-0.3, -0.25) is 4.79 Å². The molecule has 0 saturated carbocycles. The zero-order chi connectivity index (χ0) is 17.2. The van der Waals surface area contributed by atoms with Crippen LogP contribution in [0.3, 0.4) is 0 Å². The van der Waals surface area contributed by atoms with Crippen LogP contribution in [0.4, 0.5) is 11.5 Å². The lowest BCUT2D eigenvalue weighted by molar-refractivity contribution is -0.120. The Morgan fingerprint density at radius 1 is 1.28 bits per heavy atom. The van der Waals surface area contributed by atoms with Crippen molar-refractivity contribution in [3.05, 3.63) is 41.9 Å². The van der Waals surface area contributed by atoms with Gasteiger partial charge in [-0.1, -0.05) is 23.7 Å². The Bertz CT molecular complexity index is 911. The highest BCUT2D eigenvalue weighted by atomic mass is 35.5. The third-order valence-corrected chi connectivity index (χ3v) is 4.76. The summed E-state index contributed by atoms with van der Waals surface area (Å²) < 4.78 is 0. The first-order chi connectivity index (χ1) is 12.2. The molecule has 1 fully saturated rings. The standard InChI is InChI=1S/C17H17ClN6O/c18-12-5-1-2-6-13(12)23-17(25)11-4-3-7-24(8-11)16-14-15(20-9-19-14)21-10-22-16/h1-2,5-6,9-11H,3-4,7-8H2,(H,23,25)(H,19,20,21,22). The van der Waals surface area contributed by atoms with Crippen LogP contribution in [0.25, 0.3) is 11.2 Å². The van der Waals surface area contributed by atoms with Gasteiger partial charge in [-0.2, -0.15) is 0 Å². The summed E-state index contributed by atoms with van der Waals surface area (Å²) in [6, 6.07) is 7.26. The Balaban J connectivity index is 1.52. The molecular weight excluding hydrogens is 340 g/mol. The monoisotopic (exact) mass is 356 g/mol. The zero-order valence-electron chi connectivity index (χ0n) is 13.4. The summed E-state index contributed by atoms with van der Waals surface area (Å²) >= 11 is 6.13. The Morgan fingerprint density at radius 3 is 3.04 bits per heavy atom. The molecule has 0 aliphatic carbocycles. The smallest absolute Gasteiger partial charge is 0.229 e. The maximum atomic E-state index is 12.7. The number of amides is 1. The predicted molar refractivity (Wildman–Crippen MR) is 96.7 cm³/mol. The first-order valence-electron chi connectivity index (χ1n) is 8.17. The molecule has 128 valence electrons. The van der Waals surface area contributed by atoms with Crippen molar-refractivity contribution in [1.82, 2.24) is 19.9 Å². The molecule has 3 aromatic rings. The van der Waals surface area contributed by atoms with Crippen LogP contribution in [0.5, 0.6) is 0 Å². The highest BCUT2D eigenvalue weighted by Gasteiger charge is 2.28. The van der Waals surface area contributed by atoms with Gasteiger partial charge in [0.05, 0.1) is 23.0 Å². The van der Waals surface area contributed by atoms with Crippen molar-refractivity contribution in [2.75, 3.05) is 23.3 Å². The van der Waals surface area contributed by atoms with Crippen LogP contribution in [-0.2, 0) is 4.79 Å². The van der Waals surface area contributed by atoms with Gasteiger partial charge >= 0.3 is 0 Å². The fraction of sp³-hybridized carbons (Fsp3) is 0.294. The van der Waals surface area contributed by atoms with E-state index in [1.165, 1.54) is 6.33 Å². The topological polar surface area (TPSA) is 86.8 Å². The lowest BCUT2D eigenvalue weighted by atomic mass is 9.97. The fourth-order valence-corrected chi connectivity index (χ4v) is 3.36. The normalized spacial score (nSPS) is 17.6. The summed E-state index contributed by atoms with van der Waals surface area (Å²) in [5.74, 6) is 0.642. The van der Waals surface area contributed by atoms with Crippen molar-refractivity contribution in [3.8, 4) is 0 Å². The first-order valence-corrected chi connectivity index (χ1v) is 8.54. The molecule has 4 rings (SSSR count). The highest BCUT2D eigenvalue weighted by molar-refractivity contribution is 6.33. The highest BCUT2D eigenvalue weighted by Crippen LogP contribution is 2.27. The van der Waals surface area contributed by atoms with Gasteiger partial charge in [0.1, 0.15) is 11.8 Å². The van der Waals surface area contributed by atoms with Gasteiger partial charge < -0.3 is 15.2 Å². The number of carbonyl (C=O) groups excluding carboxylic acids is 1. The number of H-pyrrole nitrogens is 1. The number of benzene rings is 1. The van der Waals surface area contributed by atoms with Crippen LogP contribution in [0.15, 0.2) is 36.9 Å². The van der Waals surface area contributed by atoms with Gasteiger partial charge in [-0.25, -0.2) is 15.0 Å². The first kappa shape index (κ1) is 15.8. The number of imidazole rings is 1. The van der Waals surface area contributed by atoms with Gasteiger partial charge in [0.15, 0.2) is 11.5 Å². The number of rotatable bonds is 3. The summed E-state index contributed by atoms with van der Waals surface area (Å²) in [5, 5.41) is 3.47. The second-order valence-corrected chi connectivity index (χ2v) is 6.46. The average molecular weight is 357 g/mol. The SMILES string of the molecule is O=C(Nc1ccccc1Cl)C1CCCN(c2ncnc3nc[nH]c23)C1. The molecule has 1 saturated heterocycles. The van der Waals surface area contributed by atoms with Gasteiger partial charge in [-0.15, -0.1) is 0 Å². The number of aromatic amines is 1. The number of hydrogen-bond acceptors (Lipinski definition) is 5. The molecule has 2 aromatic heterocycles. The molecule has 0 spiro atoms. The number of piperidine rings is 1. The van der Waals surface area contributed by atoms with E-state index in [4.69, 9.17) is 11.6 Å². The van der Waals surface area contributed by atoms with Crippen molar-refractivity contribution in [2.45, 2.75) is 12.8 Å². The second-order valence-electron chi connectivity index (χ2n) is 6.05. The molecule has 1 aromatic carbocycles. The van der Waals surface area contributed by atoms with Crippen molar-refractivity contribution >= 4 is 40.2 Å². The molecule has 2 N–H and O–H groups in total. The molecule has 8 heteroatoms. The van der Waals surface area contributed by atoms with Gasteiger partial charge in [0.2, 0.25) is 5.91 Å².